The number of aryl methyl sites for hydroxylation is 1. The number of hydrogen-bond acceptors (Lipinski definition) is 4. The number of methoxy groups -OCH3 is 1. The zero-order valence-electron chi connectivity index (χ0n) is 11.7. The van der Waals surface area contributed by atoms with Crippen molar-refractivity contribution in [3.05, 3.63) is 46.9 Å². The third-order valence-corrected chi connectivity index (χ3v) is 2.92. The van der Waals surface area contributed by atoms with Crippen molar-refractivity contribution in [2.75, 3.05) is 12.4 Å². The molecule has 0 aliphatic carbocycles. The summed E-state index contributed by atoms with van der Waals surface area (Å²) >= 11 is 6.02. The van der Waals surface area contributed by atoms with Gasteiger partial charge in [-0.25, -0.2) is 9.97 Å². The van der Waals surface area contributed by atoms with Crippen LogP contribution in [0.25, 0.3) is 0 Å². The third-order valence-electron chi connectivity index (χ3n) is 2.73. The van der Waals surface area contributed by atoms with Crippen LogP contribution < -0.4 is 5.32 Å². The fraction of sp³-hybridized carbons (Fsp3) is 0.333. The van der Waals surface area contributed by atoms with Crippen LogP contribution in [0.3, 0.4) is 0 Å². The van der Waals surface area contributed by atoms with Gasteiger partial charge in [0.2, 0.25) is 0 Å². The molecule has 1 aromatic carbocycles. The van der Waals surface area contributed by atoms with Crippen LogP contribution in [0.2, 0.25) is 5.15 Å². The summed E-state index contributed by atoms with van der Waals surface area (Å²) < 4.78 is 5.13. The van der Waals surface area contributed by atoms with E-state index in [1.807, 2.05) is 24.3 Å². The van der Waals surface area contributed by atoms with Gasteiger partial charge < -0.3 is 10.1 Å². The highest BCUT2D eigenvalue weighted by Crippen LogP contribution is 2.19. The maximum atomic E-state index is 6.02. The molecule has 0 bridgehead atoms. The molecule has 1 N–H and O–H groups in total. The van der Waals surface area contributed by atoms with Gasteiger partial charge in [-0.1, -0.05) is 30.7 Å². The van der Waals surface area contributed by atoms with E-state index in [0.29, 0.717) is 17.6 Å². The highest BCUT2D eigenvalue weighted by atomic mass is 35.5. The number of nitrogens with one attached hydrogen (secondary N) is 1. The molecule has 0 spiro atoms. The second-order valence-corrected chi connectivity index (χ2v) is 4.89. The highest BCUT2D eigenvalue weighted by Gasteiger charge is 2.04. The van der Waals surface area contributed by atoms with Crippen LogP contribution in [-0.2, 0) is 17.8 Å². The van der Waals surface area contributed by atoms with E-state index >= 15 is 0 Å². The summed E-state index contributed by atoms with van der Waals surface area (Å²) in [6.45, 7) is 2.67. The number of rotatable bonds is 6. The van der Waals surface area contributed by atoms with E-state index < -0.39 is 0 Å². The van der Waals surface area contributed by atoms with Crippen molar-refractivity contribution in [3.63, 3.8) is 0 Å². The lowest BCUT2D eigenvalue weighted by Crippen LogP contribution is -2.01. The van der Waals surface area contributed by atoms with Gasteiger partial charge in [0.1, 0.15) is 16.8 Å². The first kappa shape index (κ1) is 14.8. The monoisotopic (exact) mass is 291 g/mol. The molecule has 5 heteroatoms. The Kier molecular flexibility index (Phi) is 5.32. The molecule has 0 fully saturated rings. The fourth-order valence-electron chi connectivity index (χ4n) is 1.92. The van der Waals surface area contributed by atoms with Crippen LogP contribution in [0.4, 0.5) is 11.5 Å². The molecule has 1 aromatic heterocycles. The predicted molar refractivity (Wildman–Crippen MR) is 81.5 cm³/mol. The fourth-order valence-corrected chi connectivity index (χ4v) is 2.12. The van der Waals surface area contributed by atoms with Crippen LogP contribution >= 0.6 is 11.6 Å². The van der Waals surface area contributed by atoms with E-state index in [0.717, 1.165) is 29.9 Å². The lowest BCUT2D eigenvalue weighted by Gasteiger charge is -2.09. The van der Waals surface area contributed by atoms with Gasteiger partial charge in [0.15, 0.2) is 0 Å². The molecular weight excluding hydrogens is 274 g/mol. The molecule has 0 amide bonds. The van der Waals surface area contributed by atoms with Gasteiger partial charge in [-0.05, 0) is 24.1 Å². The quantitative estimate of drug-likeness (QED) is 0.818. The van der Waals surface area contributed by atoms with Crippen LogP contribution in [0.5, 0.6) is 0 Å². The predicted octanol–water partition coefficient (Wildman–Crippen LogP) is 3.97. The standard InChI is InChI=1S/C15H18ClN3O/c1-3-5-14-18-13(16)9-15(19-14)17-12-7-4-6-11(8-12)10-20-2/h4,6-9H,3,5,10H2,1-2H3,(H,17,18,19). The summed E-state index contributed by atoms with van der Waals surface area (Å²) in [6, 6.07) is 9.73. The zero-order valence-corrected chi connectivity index (χ0v) is 12.4. The van der Waals surface area contributed by atoms with Gasteiger partial charge in [-0.15, -0.1) is 0 Å². The number of ether oxygens (including phenoxy) is 1. The summed E-state index contributed by atoms with van der Waals surface area (Å²) in [4.78, 5) is 8.66. The van der Waals surface area contributed by atoms with Crippen LogP contribution in [0.1, 0.15) is 24.7 Å². The number of benzene rings is 1. The molecule has 0 aliphatic heterocycles. The first-order chi connectivity index (χ1) is 9.71. The van der Waals surface area contributed by atoms with E-state index in [4.69, 9.17) is 16.3 Å². The third kappa shape index (κ3) is 4.18. The minimum absolute atomic E-state index is 0.457. The number of nitrogens with zero attached hydrogens (tertiary/aromatic N) is 2. The lowest BCUT2D eigenvalue weighted by atomic mass is 10.2. The smallest absolute Gasteiger partial charge is 0.135 e. The minimum atomic E-state index is 0.457. The maximum absolute atomic E-state index is 6.02. The Morgan fingerprint density at radius 3 is 2.85 bits per heavy atom. The Labute approximate surface area is 124 Å². The van der Waals surface area contributed by atoms with Crippen molar-refractivity contribution < 1.29 is 4.74 Å². The van der Waals surface area contributed by atoms with E-state index in [1.165, 1.54) is 0 Å². The summed E-state index contributed by atoms with van der Waals surface area (Å²) in [6.07, 6.45) is 1.81. The Balaban J connectivity index is 2.18. The van der Waals surface area contributed by atoms with Crippen molar-refractivity contribution in [2.45, 2.75) is 26.4 Å². The Morgan fingerprint density at radius 1 is 1.25 bits per heavy atom. The number of anilines is 2. The summed E-state index contributed by atoms with van der Waals surface area (Å²) in [7, 11) is 1.68. The summed E-state index contributed by atoms with van der Waals surface area (Å²) in [5.41, 5.74) is 2.06. The zero-order chi connectivity index (χ0) is 14.4. The molecule has 4 nitrogen and oxygen atoms in total. The van der Waals surface area contributed by atoms with Crippen LogP contribution in [0.15, 0.2) is 30.3 Å². The van der Waals surface area contributed by atoms with E-state index in [9.17, 15) is 0 Å². The highest BCUT2D eigenvalue weighted by molar-refractivity contribution is 6.29. The average molecular weight is 292 g/mol. The molecule has 0 unspecified atom stereocenters. The molecule has 106 valence electrons. The van der Waals surface area contributed by atoms with Gasteiger partial charge in [-0.2, -0.15) is 0 Å². The van der Waals surface area contributed by atoms with Gasteiger partial charge in [0.25, 0.3) is 0 Å². The Morgan fingerprint density at radius 2 is 2.10 bits per heavy atom. The SMILES string of the molecule is CCCc1nc(Cl)cc(Nc2cccc(COC)c2)n1. The number of aromatic nitrogens is 2. The van der Waals surface area contributed by atoms with E-state index in [1.54, 1.807) is 13.2 Å². The molecule has 2 aromatic rings. The van der Waals surface area contributed by atoms with Crippen molar-refractivity contribution in [2.24, 2.45) is 0 Å². The molecule has 2 rings (SSSR count). The van der Waals surface area contributed by atoms with E-state index in [2.05, 4.69) is 22.2 Å². The van der Waals surface area contributed by atoms with Crippen molar-refractivity contribution in [1.82, 2.24) is 9.97 Å². The normalized spacial score (nSPS) is 10.6. The Hall–Kier alpha value is -1.65. The first-order valence-corrected chi connectivity index (χ1v) is 6.97. The van der Waals surface area contributed by atoms with E-state index in [-0.39, 0.29) is 0 Å². The number of hydrogen-bond donors (Lipinski definition) is 1. The molecule has 0 radical (unpaired) electrons. The Bertz CT molecular complexity index is 575. The van der Waals surface area contributed by atoms with Crippen molar-refractivity contribution in [3.8, 4) is 0 Å². The molecule has 20 heavy (non-hydrogen) atoms. The van der Waals surface area contributed by atoms with Crippen molar-refractivity contribution >= 4 is 23.1 Å². The lowest BCUT2D eigenvalue weighted by molar-refractivity contribution is 0.185. The molecule has 0 saturated heterocycles. The largest absolute Gasteiger partial charge is 0.380 e. The molecule has 0 aliphatic rings. The van der Waals surface area contributed by atoms with Crippen LogP contribution in [-0.4, -0.2) is 17.1 Å². The van der Waals surface area contributed by atoms with Crippen LogP contribution in [0, 0.1) is 0 Å². The molecule has 1 heterocycles. The van der Waals surface area contributed by atoms with Gasteiger partial charge >= 0.3 is 0 Å². The first-order valence-electron chi connectivity index (χ1n) is 6.59. The maximum Gasteiger partial charge on any atom is 0.135 e. The second kappa shape index (κ2) is 7.22. The van der Waals surface area contributed by atoms with Crippen molar-refractivity contribution in [1.29, 1.82) is 0 Å². The van der Waals surface area contributed by atoms with Gasteiger partial charge in [0.05, 0.1) is 6.61 Å². The number of halogens is 1. The average Bonchev–Trinajstić information content (AvgIpc) is 2.39. The second-order valence-electron chi connectivity index (χ2n) is 4.50. The molecule has 0 atom stereocenters. The molecule has 0 saturated carbocycles. The topological polar surface area (TPSA) is 47.0 Å². The minimum Gasteiger partial charge on any atom is -0.380 e. The summed E-state index contributed by atoms with van der Waals surface area (Å²) in [5, 5.41) is 3.71. The summed E-state index contributed by atoms with van der Waals surface area (Å²) in [5.74, 6) is 1.47. The molecular formula is C15H18ClN3O. The van der Waals surface area contributed by atoms with Gasteiger partial charge in [-0.3, -0.25) is 0 Å². The van der Waals surface area contributed by atoms with Gasteiger partial charge in [0, 0.05) is 25.3 Å².